The molecule has 4 rings (SSSR count). The topological polar surface area (TPSA) is 93.2 Å². The van der Waals surface area contributed by atoms with Crippen molar-refractivity contribution in [1.82, 2.24) is 0 Å². The van der Waals surface area contributed by atoms with Crippen molar-refractivity contribution >= 4 is 43.4 Å². The van der Waals surface area contributed by atoms with E-state index in [4.69, 9.17) is 15.3 Å². The maximum absolute atomic E-state index is 13.4. The quantitative estimate of drug-likeness (QED) is 0.101. The van der Waals surface area contributed by atoms with Crippen molar-refractivity contribution in [2.45, 2.75) is 29.6 Å². The van der Waals surface area contributed by atoms with Crippen LogP contribution in [0.4, 0.5) is 5.69 Å². The molecule has 0 bridgehead atoms. The number of nitrogen functional groups attached to an aromatic ring is 1. The predicted molar refractivity (Wildman–Crippen MR) is 140 cm³/mol. The second kappa shape index (κ2) is 10.4. The van der Waals surface area contributed by atoms with Crippen LogP contribution in [0.3, 0.4) is 0 Å². The molecule has 0 amide bonds. The van der Waals surface area contributed by atoms with Crippen LogP contribution in [0.25, 0.3) is 10.8 Å². The summed E-state index contributed by atoms with van der Waals surface area (Å²) in [6, 6.07) is 25.7. The van der Waals surface area contributed by atoms with Gasteiger partial charge < -0.3 is 9.92 Å². The van der Waals surface area contributed by atoms with Gasteiger partial charge >= 0.3 is 0 Å². The highest BCUT2D eigenvalue weighted by Gasteiger charge is 2.26. The van der Waals surface area contributed by atoms with Gasteiger partial charge in [0.25, 0.3) is 0 Å². The van der Waals surface area contributed by atoms with Gasteiger partial charge in [-0.25, -0.2) is 8.42 Å². The van der Waals surface area contributed by atoms with Gasteiger partial charge in [0.05, 0.1) is 11.5 Å². The van der Waals surface area contributed by atoms with E-state index in [-0.39, 0.29) is 16.1 Å². The second-order valence-corrected chi connectivity index (χ2v) is 10.8. The van der Waals surface area contributed by atoms with E-state index in [1.54, 1.807) is 30.3 Å². The van der Waals surface area contributed by atoms with Crippen LogP contribution in [0.15, 0.2) is 94.7 Å². The van der Waals surface area contributed by atoms with Gasteiger partial charge in [-0.15, -0.1) is 0 Å². The molecule has 0 heterocycles. The van der Waals surface area contributed by atoms with Gasteiger partial charge in [-0.1, -0.05) is 60.2 Å². The molecule has 174 valence electrons. The minimum absolute atomic E-state index is 0.113. The van der Waals surface area contributed by atoms with Crippen molar-refractivity contribution in [3.05, 3.63) is 102 Å². The Labute approximate surface area is 204 Å². The minimum Gasteiger partial charge on any atom is -0.398 e. The number of nitrogens with two attached hydrogens (primary N) is 1. The molecule has 0 atom stereocenters. The summed E-state index contributed by atoms with van der Waals surface area (Å²) < 4.78 is 32.4. The van der Waals surface area contributed by atoms with Gasteiger partial charge in [0.15, 0.2) is 5.04 Å². The molecular formula is C27H26N2O3S2. The average Bonchev–Trinajstić information content (AvgIpc) is 2.85. The van der Waals surface area contributed by atoms with Crippen LogP contribution >= 0.6 is 12.0 Å². The van der Waals surface area contributed by atoms with Crippen LogP contribution < -0.4 is 5.73 Å². The number of fused-ring (bicyclic) bond motifs is 1. The molecule has 0 aliphatic carbocycles. The summed E-state index contributed by atoms with van der Waals surface area (Å²) in [6.45, 7) is 2.59. The SMILES string of the molecule is Cc1ccc(SOCCCc2ccc(N)c(C(=N)S(=O)(=O)c3cccc4ccccc34)c2)cc1. The molecule has 7 heteroatoms. The van der Waals surface area contributed by atoms with Crippen LogP contribution in [-0.4, -0.2) is 20.1 Å². The summed E-state index contributed by atoms with van der Waals surface area (Å²) in [7, 11) is -4.05. The zero-order chi connectivity index (χ0) is 24.1. The lowest BCUT2D eigenvalue weighted by Crippen LogP contribution is -2.17. The molecule has 0 unspecified atom stereocenters. The van der Waals surface area contributed by atoms with E-state index in [0.29, 0.717) is 18.4 Å². The lowest BCUT2D eigenvalue weighted by molar-refractivity contribution is 0.365. The van der Waals surface area contributed by atoms with Crippen molar-refractivity contribution in [3.63, 3.8) is 0 Å². The Balaban J connectivity index is 1.45. The third kappa shape index (κ3) is 5.33. The predicted octanol–water partition coefficient (Wildman–Crippen LogP) is 6.19. The van der Waals surface area contributed by atoms with Crippen LogP contribution in [0.1, 0.15) is 23.1 Å². The van der Waals surface area contributed by atoms with E-state index in [1.165, 1.54) is 23.7 Å². The molecule has 34 heavy (non-hydrogen) atoms. The van der Waals surface area contributed by atoms with Crippen LogP contribution in [-0.2, 0) is 20.4 Å². The molecule has 0 aliphatic rings. The molecule has 4 aromatic carbocycles. The van der Waals surface area contributed by atoms with Crippen LogP contribution in [0, 0.1) is 12.3 Å². The molecule has 0 aliphatic heterocycles. The van der Waals surface area contributed by atoms with Crippen molar-refractivity contribution in [2.75, 3.05) is 12.3 Å². The summed E-state index contributed by atoms with van der Waals surface area (Å²) >= 11 is 1.34. The molecule has 0 saturated heterocycles. The third-order valence-corrected chi connectivity index (χ3v) is 7.98. The fourth-order valence-electron chi connectivity index (χ4n) is 3.68. The van der Waals surface area contributed by atoms with Crippen molar-refractivity contribution < 1.29 is 12.6 Å². The Morgan fingerprint density at radius 1 is 0.971 bits per heavy atom. The van der Waals surface area contributed by atoms with E-state index in [0.717, 1.165) is 22.3 Å². The molecule has 3 N–H and O–H groups in total. The maximum atomic E-state index is 13.4. The van der Waals surface area contributed by atoms with E-state index in [2.05, 4.69) is 0 Å². The Bertz CT molecular complexity index is 1430. The second-order valence-electron chi connectivity index (χ2n) is 8.05. The molecule has 0 saturated carbocycles. The number of hydrogen-bond donors (Lipinski definition) is 2. The number of benzene rings is 4. The molecule has 5 nitrogen and oxygen atoms in total. The average molecular weight is 491 g/mol. The number of aryl methyl sites for hydroxylation is 2. The molecular weight excluding hydrogens is 464 g/mol. The summed E-state index contributed by atoms with van der Waals surface area (Å²) in [6.07, 6.45) is 1.44. The lowest BCUT2D eigenvalue weighted by atomic mass is 10.1. The van der Waals surface area contributed by atoms with E-state index in [9.17, 15) is 8.42 Å². The first-order valence-corrected chi connectivity index (χ1v) is 13.1. The molecule has 0 radical (unpaired) electrons. The van der Waals surface area contributed by atoms with Gasteiger partial charge in [0, 0.05) is 33.6 Å². The van der Waals surface area contributed by atoms with E-state index >= 15 is 0 Å². The zero-order valence-electron chi connectivity index (χ0n) is 18.8. The number of nitrogens with one attached hydrogen (secondary N) is 1. The maximum Gasteiger partial charge on any atom is 0.224 e. The third-order valence-electron chi connectivity index (χ3n) is 5.54. The van der Waals surface area contributed by atoms with Crippen LogP contribution in [0.5, 0.6) is 0 Å². The summed E-state index contributed by atoms with van der Waals surface area (Å²) in [4.78, 5) is 1.16. The van der Waals surface area contributed by atoms with Crippen molar-refractivity contribution in [2.24, 2.45) is 0 Å². The van der Waals surface area contributed by atoms with E-state index in [1.807, 2.05) is 55.5 Å². The van der Waals surface area contributed by atoms with Crippen molar-refractivity contribution in [1.29, 1.82) is 5.41 Å². The molecule has 0 fully saturated rings. The molecule has 4 aromatic rings. The fourth-order valence-corrected chi connectivity index (χ4v) is 5.68. The summed E-state index contributed by atoms with van der Waals surface area (Å²) in [5, 5.41) is 9.45. The zero-order valence-corrected chi connectivity index (χ0v) is 20.5. The normalized spacial score (nSPS) is 11.6. The highest BCUT2D eigenvalue weighted by atomic mass is 32.2. The number of hydrogen-bond acceptors (Lipinski definition) is 6. The first-order valence-electron chi connectivity index (χ1n) is 10.9. The minimum atomic E-state index is -4.05. The summed E-state index contributed by atoms with van der Waals surface area (Å²) in [5.74, 6) is 0. The molecule has 0 spiro atoms. The monoisotopic (exact) mass is 490 g/mol. The number of sulfone groups is 1. The Kier molecular flexibility index (Phi) is 7.36. The van der Waals surface area contributed by atoms with Crippen molar-refractivity contribution in [3.8, 4) is 0 Å². The van der Waals surface area contributed by atoms with Gasteiger partial charge in [-0.3, -0.25) is 5.41 Å². The Morgan fingerprint density at radius 2 is 1.71 bits per heavy atom. The van der Waals surface area contributed by atoms with Gasteiger partial charge in [-0.05, 0) is 61.0 Å². The number of rotatable bonds is 8. The van der Waals surface area contributed by atoms with Gasteiger partial charge in [0.2, 0.25) is 9.84 Å². The first kappa shape index (κ1) is 24.0. The number of anilines is 1. The lowest BCUT2D eigenvalue weighted by Gasteiger charge is -2.13. The Morgan fingerprint density at radius 3 is 2.50 bits per heavy atom. The van der Waals surface area contributed by atoms with E-state index < -0.39 is 14.9 Å². The van der Waals surface area contributed by atoms with Gasteiger partial charge in [0.1, 0.15) is 0 Å². The first-order chi connectivity index (χ1) is 16.4. The largest absolute Gasteiger partial charge is 0.398 e. The highest BCUT2D eigenvalue weighted by molar-refractivity contribution is 8.07. The van der Waals surface area contributed by atoms with Crippen LogP contribution in [0.2, 0.25) is 0 Å². The molecule has 0 aromatic heterocycles. The smallest absolute Gasteiger partial charge is 0.224 e. The standard InChI is InChI=1S/C27H26N2O3S2/c1-19-11-14-22(15-12-19)33-32-17-5-6-20-13-16-25(28)24(18-20)27(29)34(30,31)26-10-4-8-21-7-2-3-9-23(21)26/h2-4,7-16,18,29H,5-6,17,28H2,1H3. The summed E-state index contributed by atoms with van der Waals surface area (Å²) in [5.41, 5.74) is 8.70. The highest BCUT2D eigenvalue weighted by Crippen LogP contribution is 2.28. The fraction of sp³-hybridized carbons (Fsp3) is 0.148. The Hall–Kier alpha value is -3.13. The van der Waals surface area contributed by atoms with Gasteiger partial charge in [-0.2, -0.15) is 0 Å².